The number of nitrogens with two attached hydrogens (primary N) is 1. The SMILES string of the molecule is CCCCC(NC(=O)C(C)N)C(=O)Nc1cccc(N2CCCC2)c1.Cl. The van der Waals surface area contributed by atoms with Gasteiger partial charge < -0.3 is 21.3 Å². The van der Waals surface area contributed by atoms with Gasteiger partial charge in [-0.1, -0.05) is 25.8 Å². The molecule has 1 aliphatic heterocycles. The highest BCUT2D eigenvalue weighted by Crippen LogP contribution is 2.23. The van der Waals surface area contributed by atoms with E-state index in [1.54, 1.807) is 6.92 Å². The summed E-state index contributed by atoms with van der Waals surface area (Å²) in [6, 6.07) is 6.69. The molecule has 6 nitrogen and oxygen atoms in total. The van der Waals surface area contributed by atoms with Gasteiger partial charge in [-0.2, -0.15) is 0 Å². The number of nitrogens with one attached hydrogen (secondary N) is 2. The largest absolute Gasteiger partial charge is 0.371 e. The van der Waals surface area contributed by atoms with E-state index < -0.39 is 12.1 Å². The van der Waals surface area contributed by atoms with E-state index in [2.05, 4.69) is 28.5 Å². The molecule has 0 aliphatic carbocycles. The van der Waals surface area contributed by atoms with E-state index in [4.69, 9.17) is 5.73 Å². The molecule has 2 atom stereocenters. The molecule has 4 N–H and O–H groups in total. The molecule has 2 unspecified atom stereocenters. The average Bonchev–Trinajstić information content (AvgIpc) is 3.13. The van der Waals surface area contributed by atoms with Gasteiger partial charge in [-0.25, -0.2) is 0 Å². The molecule has 0 bridgehead atoms. The molecule has 2 amide bonds. The number of amides is 2. The van der Waals surface area contributed by atoms with Crippen molar-refractivity contribution in [3.63, 3.8) is 0 Å². The molecule has 1 aromatic carbocycles. The lowest BCUT2D eigenvalue weighted by molar-refractivity contribution is -0.127. The van der Waals surface area contributed by atoms with Gasteiger partial charge in [0.05, 0.1) is 6.04 Å². The van der Waals surface area contributed by atoms with E-state index in [9.17, 15) is 9.59 Å². The molecule has 1 aliphatic rings. The minimum Gasteiger partial charge on any atom is -0.371 e. The lowest BCUT2D eigenvalue weighted by atomic mass is 10.1. The van der Waals surface area contributed by atoms with Crippen LogP contribution in [0.4, 0.5) is 11.4 Å². The van der Waals surface area contributed by atoms with Crippen molar-refractivity contribution in [1.82, 2.24) is 5.32 Å². The molecule has 146 valence electrons. The third-order valence-electron chi connectivity index (χ3n) is 4.48. The van der Waals surface area contributed by atoms with Crippen LogP contribution in [0, 0.1) is 0 Å². The Bertz CT molecular complexity index is 589. The number of benzene rings is 1. The molecule has 1 heterocycles. The summed E-state index contributed by atoms with van der Waals surface area (Å²) in [4.78, 5) is 26.8. The molecule has 26 heavy (non-hydrogen) atoms. The zero-order valence-electron chi connectivity index (χ0n) is 15.7. The van der Waals surface area contributed by atoms with E-state index in [1.165, 1.54) is 12.8 Å². The van der Waals surface area contributed by atoms with Crippen LogP contribution in [0.15, 0.2) is 24.3 Å². The van der Waals surface area contributed by atoms with Crippen molar-refractivity contribution in [1.29, 1.82) is 0 Å². The second kappa shape index (κ2) is 11.0. The Morgan fingerprint density at radius 1 is 1.23 bits per heavy atom. The van der Waals surface area contributed by atoms with Crippen molar-refractivity contribution in [2.45, 2.75) is 58.0 Å². The minimum atomic E-state index is -0.629. The Kier molecular flexibility index (Phi) is 9.44. The molecular formula is C19H31ClN4O2. The molecule has 1 saturated heterocycles. The van der Waals surface area contributed by atoms with E-state index in [-0.39, 0.29) is 24.2 Å². The zero-order valence-corrected chi connectivity index (χ0v) is 16.5. The molecule has 0 radical (unpaired) electrons. The summed E-state index contributed by atoms with van der Waals surface area (Å²) in [7, 11) is 0. The molecular weight excluding hydrogens is 352 g/mol. The fraction of sp³-hybridized carbons (Fsp3) is 0.579. The van der Waals surface area contributed by atoms with Crippen LogP contribution in [0.25, 0.3) is 0 Å². The summed E-state index contributed by atoms with van der Waals surface area (Å²) in [5.74, 6) is -0.497. The molecule has 0 aromatic heterocycles. The summed E-state index contributed by atoms with van der Waals surface area (Å²) < 4.78 is 0. The molecule has 2 rings (SSSR count). The molecule has 1 fully saturated rings. The number of carbonyl (C=O) groups excluding carboxylic acids is 2. The Balaban J connectivity index is 0.00000338. The number of nitrogens with zero attached hydrogens (tertiary/aromatic N) is 1. The Labute approximate surface area is 162 Å². The highest BCUT2D eigenvalue weighted by atomic mass is 35.5. The van der Waals surface area contributed by atoms with Crippen LogP contribution in [-0.2, 0) is 9.59 Å². The number of carbonyl (C=O) groups is 2. The summed E-state index contributed by atoms with van der Waals surface area (Å²) in [5, 5.41) is 5.69. The van der Waals surface area contributed by atoms with Crippen molar-refractivity contribution < 1.29 is 9.59 Å². The lowest BCUT2D eigenvalue weighted by Crippen LogP contribution is -2.49. The van der Waals surface area contributed by atoms with Crippen LogP contribution in [0.5, 0.6) is 0 Å². The van der Waals surface area contributed by atoms with E-state index in [0.29, 0.717) is 6.42 Å². The predicted molar refractivity (Wildman–Crippen MR) is 109 cm³/mol. The van der Waals surface area contributed by atoms with Gasteiger partial charge >= 0.3 is 0 Å². The zero-order chi connectivity index (χ0) is 18.2. The average molecular weight is 383 g/mol. The fourth-order valence-electron chi connectivity index (χ4n) is 2.97. The summed E-state index contributed by atoms with van der Waals surface area (Å²) in [6.07, 6.45) is 4.85. The van der Waals surface area contributed by atoms with Crippen LogP contribution in [0.1, 0.15) is 46.0 Å². The van der Waals surface area contributed by atoms with Gasteiger partial charge in [0, 0.05) is 24.5 Å². The number of halogens is 1. The first kappa shape index (κ1) is 22.3. The second-order valence-corrected chi connectivity index (χ2v) is 6.73. The first-order chi connectivity index (χ1) is 12.0. The van der Waals surface area contributed by atoms with E-state index in [1.807, 2.05) is 18.2 Å². The number of hydrogen-bond donors (Lipinski definition) is 3. The standard InChI is InChI=1S/C19H30N4O2.ClH/c1-3-4-10-17(22-18(24)14(2)20)19(25)21-15-8-7-9-16(13-15)23-11-5-6-12-23;/h7-9,13-14,17H,3-6,10-12,20H2,1-2H3,(H,21,25)(H,22,24);1H. The normalized spacial score (nSPS) is 15.7. The fourth-order valence-corrected chi connectivity index (χ4v) is 2.97. The number of hydrogen-bond acceptors (Lipinski definition) is 4. The molecule has 7 heteroatoms. The van der Waals surface area contributed by atoms with Gasteiger partial charge in [0.1, 0.15) is 6.04 Å². The molecule has 1 aromatic rings. The van der Waals surface area contributed by atoms with Gasteiger partial charge in [0.2, 0.25) is 11.8 Å². The molecule has 0 saturated carbocycles. The quantitative estimate of drug-likeness (QED) is 0.645. The summed E-state index contributed by atoms with van der Waals surface area (Å²) in [5.41, 5.74) is 7.49. The van der Waals surface area contributed by atoms with Crippen molar-refractivity contribution in [2.75, 3.05) is 23.3 Å². The van der Waals surface area contributed by atoms with Gasteiger partial charge in [-0.05, 0) is 44.4 Å². The van der Waals surface area contributed by atoms with Crippen molar-refractivity contribution in [2.24, 2.45) is 5.73 Å². The topological polar surface area (TPSA) is 87.5 Å². The van der Waals surface area contributed by atoms with Gasteiger partial charge in [-0.15, -0.1) is 12.4 Å². The highest BCUT2D eigenvalue weighted by Gasteiger charge is 2.22. The van der Waals surface area contributed by atoms with Crippen molar-refractivity contribution in [3.8, 4) is 0 Å². The monoisotopic (exact) mass is 382 g/mol. The third-order valence-corrected chi connectivity index (χ3v) is 4.48. The van der Waals surface area contributed by atoms with Crippen LogP contribution in [0.2, 0.25) is 0 Å². The number of rotatable bonds is 8. The van der Waals surface area contributed by atoms with Crippen LogP contribution >= 0.6 is 12.4 Å². The van der Waals surface area contributed by atoms with Gasteiger partial charge in [0.25, 0.3) is 0 Å². The van der Waals surface area contributed by atoms with E-state index in [0.717, 1.165) is 37.3 Å². The first-order valence-corrected chi connectivity index (χ1v) is 9.23. The summed E-state index contributed by atoms with van der Waals surface area (Å²) in [6.45, 7) is 5.79. The van der Waals surface area contributed by atoms with Crippen LogP contribution in [-0.4, -0.2) is 37.0 Å². The van der Waals surface area contributed by atoms with Crippen LogP contribution < -0.4 is 21.3 Å². The molecule has 0 spiro atoms. The maximum absolute atomic E-state index is 12.6. The Morgan fingerprint density at radius 3 is 2.54 bits per heavy atom. The predicted octanol–water partition coefficient (Wildman–Crippen LogP) is 2.67. The first-order valence-electron chi connectivity index (χ1n) is 9.23. The maximum atomic E-state index is 12.6. The van der Waals surface area contributed by atoms with Gasteiger partial charge in [0.15, 0.2) is 0 Å². The lowest BCUT2D eigenvalue weighted by Gasteiger charge is -2.21. The second-order valence-electron chi connectivity index (χ2n) is 6.73. The highest BCUT2D eigenvalue weighted by molar-refractivity contribution is 5.98. The minimum absolute atomic E-state index is 0. The number of unbranched alkanes of at least 4 members (excludes halogenated alkanes) is 1. The van der Waals surface area contributed by atoms with Gasteiger partial charge in [-0.3, -0.25) is 9.59 Å². The smallest absolute Gasteiger partial charge is 0.246 e. The maximum Gasteiger partial charge on any atom is 0.246 e. The van der Waals surface area contributed by atoms with Crippen molar-refractivity contribution >= 4 is 35.6 Å². The van der Waals surface area contributed by atoms with Crippen molar-refractivity contribution in [3.05, 3.63) is 24.3 Å². The number of anilines is 2. The third kappa shape index (κ3) is 6.50. The Morgan fingerprint density at radius 2 is 1.92 bits per heavy atom. The van der Waals surface area contributed by atoms with E-state index >= 15 is 0 Å². The summed E-state index contributed by atoms with van der Waals surface area (Å²) >= 11 is 0. The van der Waals surface area contributed by atoms with Crippen LogP contribution in [0.3, 0.4) is 0 Å². The Hall–Kier alpha value is -1.79.